The molecule has 2 N–H and O–H groups in total. The summed E-state index contributed by atoms with van der Waals surface area (Å²) >= 11 is 13.6. The van der Waals surface area contributed by atoms with Crippen LogP contribution in [0.15, 0.2) is 17.0 Å². The van der Waals surface area contributed by atoms with E-state index < -0.39 is 0 Å². The molecule has 1 aromatic rings. The van der Waals surface area contributed by atoms with Crippen LogP contribution in [0.5, 0.6) is 0 Å². The Bertz CT molecular complexity index is 490. The summed E-state index contributed by atoms with van der Waals surface area (Å²) < 4.78 is 0. The minimum Gasteiger partial charge on any atom is -0.352 e. The highest BCUT2D eigenvalue weighted by molar-refractivity contribution is 7.98. The summed E-state index contributed by atoms with van der Waals surface area (Å²) in [6.45, 7) is 2.81. The summed E-state index contributed by atoms with van der Waals surface area (Å²) in [5.41, 5.74) is 0.491. The Balaban J connectivity index is 1.94. The van der Waals surface area contributed by atoms with Crippen molar-refractivity contribution >= 4 is 40.9 Å². The first-order valence-corrected chi connectivity index (χ1v) is 8.62. The number of hydrogen-bond donors (Lipinski definition) is 2. The number of nitrogens with one attached hydrogen (secondary N) is 2. The van der Waals surface area contributed by atoms with E-state index >= 15 is 0 Å². The Morgan fingerprint density at radius 2 is 2.25 bits per heavy atom. The predicted molar refractivity (Wildman–Crippen MR) is 86.2 cm³/mol. The van der Waals surface area contributed by atoms with Crippen molar-refractivity contribution < 1.29 is 4.79 Å². The molecule has 0 radical (unpaired) electrons. The maximum Gasteiger partial charge on any atom is 0.252 e. The van der Waals surface area contributed by atoms with Gasteiger partial charge in [0.15, 0.2) is 0 Å². The van der Waals surface area contributed by atoms with E-state index in [1.807, 2.05) is 6.26 Å². The van der Waals surface area contributed by atoms with Gasteiger partial charge in [0.1, 0.15) is 0 Å². The molecule has 20 heavy (non-hydrogen) atoms. The van der Waals surface area contributed by atoms with Gasteiger partial charge in [-0.1, -0.05) is 23.2 Å². The highest BCUT2D eigenvalue weighted by Crippen LogP contribution is 2.31. The Hall–Kier alpha value is -0.420. The van der Waals surface area contributed by atoms with Crippen molar-refractivity contribution in [1.82, 2.24) is 10.6 Å². The molecule has 1 saturated heterocycles. The average Bonchev–Trinajstić information content (AvgIpc) is 2.92. The summed E-state index contributed by atoms with van der Waals surface area (Å²) in [6, 6.07) is 3.38. The molecule has 0 aromatic heterocycles. The fraction of sp³-hybridized carbons (Fsp3) is 0.500. The fourth-order valence-corrected chi connectivity index (χ4v) is 3.50. The number of carbonyl (C=O) groups excluding carboxylic acids is 1. The third-order valence-corrected chi connectivity index (χ3v) is 5.00. The molecule has 1 unspecified atom stereocenters. The van der Waals surface area contributed by atoms with E-state index in [4.69, 9.17) is 23.2 Å². The van der Waals surface area contributed by atoms with Gasteiger partial charge in [0.2, 0.25) is 0 Å². The van der Waals surface area contributed by atoms with Crippen molar-refractivity contribution in [3.63, 3.8) is 0 Å². The smallest absolute Gasteiger partial charge is 0.252 e. The molecule has 2 rings (SSSR count). The van der Waals surface area contributed by atoms with Gasteiger partial charge in [0, 0.05) is 11.4 Å². The molecule has 1 amide bonds. The van der Waals surface area contributed by atoms with E-state index in [1.165, 1.54) is 18.2 Å². The van der Waals surface area contributed by atoms with Crippen LogP contribution in [0.2, 0.25) is 10.0 Å². The van der Waals surface area contributed by atoms with Crippen LogP contribution in [0.1, 0.15) is 23.2 Å². The van der Waals surface area contributed by atoms with E-state index in [0.717, 1.165) is 24.4 Å². The SMILES string of the molecule is CSc1cc(C(=O)NCCC2CCNC2)c(Cl)cc1Cl. The molecule has 0 bridgehead atoms. The van der Waals surface area contributed by atoms with Crippen LogP contribution in [-0.4, -0.2) is 31.8 Å². The number of halogens is 2. The zero-order chi connectivity index (χ0) is 14.5. The van der Waals surface area contributed by atoms with Crippen LogP contribution in [0.25, 0.3) is 0 Å². The summed E-state index contributed by atoms with van der Waals surface area (Å²) in [7, 11) is 0. The summed E-state index contributed by atoms with van der Waals surface area (Å²) in [5, 5.41) is 7.23. The highest BCUT2D eigenvalue weighted by Gasteiger charge is 2.16. The quantitative estimate of drug-likeness (QED) is 0.811. The molecule has 1 aliphatic heterocycles. The Kier molecular flexibility index (Phi) is 6.02. The molecule has 1 aliphatic rings. The molecule has 0 spiro atoms. The lowest BCUT2D eigenvalue weighted by Crippen LogP contribution is -2.26. The zero-order valence-electron chi connectivity index (χ0n) is 11.3. The molecule has 1 heterocycles. The normalized spacial score (nSPS) is 18.2. The maximum absolute atomic E-state index is 12.2. The second kappa shape index (κ2) is 7.55. The molecule has 3 nitrogen and oxygen atoms in total. The molecule has 0 aliphatic carbocycles. The van der Waals surface area contributed by atoms with Crippen molar-refractivity contribution in [3.05, 3.63) is 27.7 Å². The number of amides is 1. The lowest BCUT2D eigenvalue weighted by Gasteiger charge is -2.11. The third-order valence-electron chi connectivity index (χ3n) is 3.49. The van der Waals surface area contributed by atoms with E-state index in [1.54, 1.807) is 12.1 Å². The van der Waals surface area contributed by atoms with Crippen LogP contribution in [-0.2, 0) is 0 Å². The molecular formula is C14H18Cl2N2OS. The van der Waals surface area contributed by atoms with E-state index in [9.17, 15) is 4.79 Å². The Morgan fingerprint density at radius 3 is 2.90 bits per heavy atom. The topological polar surface area (TPSA) is 41.1 Å². The van der Waals surface area contributed by atoms with E-state index in [2.05, 4.69) is 10.6 Å². The lowest BCUT2D eigenvalue weighted by atomic mass is 10.1. The zero-order valence-corrected chi connectivity index (χ0v) is 13.7. The molecule has 0 saturated carbocycles. The van der Waals surface area contributed by atoms with Gasteiger partial charge in [-0.2, -0.15) is 0 Å². The van der Waals surface area contributed by atoms with Gasteiger partial charge in [-0.05, 0) is 50.2 Å². The molecule has 1 fully saturated rings. The van der Waals surface area contributed by atoms with E-state index in [-0.39, 0.29) is 5.91 Å². The first kappa shape index (κ1) is 16.0. The molecule has 6 heteroatoms. The molecular weight excluding hydrogens is 315 g/mol. The van der Waals surface area contributed by atoms with Crippen molar-refractivity contribution in [2.75, 3.05) is 25.9 Å². The highest BCUT2D eigenvalue weighted by atomic mass is 35.5. The molecule has 110 valence electrons. The van der Waals surface area contributed by atoms with Gasteiger partial charge in [-0.25, -0.2) is 0 Å². The monoisotopic (exact) mass is 332 g/mol. The van der Waals surface area contributed by atoms with Crippen molar-refractivity contribution in [2.24, 2.45) is 5.92 Å². The van der Waals surface area contributed by atoms with E-state index in [0.29, 0.717) is 28.1 Å². The van der Waals surface area contributed by atoms with Crippen molar-refractivity contribution in [2.45, 2.75) is 17.7 Å². The maximum atomic E-state index is 12.2. The number of benzene rings is 1. The number of hydrogen-bond acceptors (Lipinski definition) is 3. The number of rotatable bonds is 5. The van der Waals surface area contributed by atoms with Gasteiger partial charge >= 0.3 is 0 Å². The van der Waals surface area contributed by atoms with Crippen molar-refractivity contribution in [1.29, 1.82) is 0 Å². The standard InChI is InChI=1S/C14H18Cl2N2OS/c1-20-13-6-10(11(15)7-12(13)16)14(19)18-5-3-9-2-4-17-8-9/h6-7,9,17H,2-5,8H2,1H3,(H,18,19). The summed E-state index contributed by atoms with van der Waals surface area (Å²) in [6.07, 6.45) is 4.11. The lowest BCUT2D eigenvalue weighted by molar-refractivity contribution is 0.0951. The third kappa shape index (κ3) is 4.04. The average molecular weight is 333 g/mol. The first-order chi connectivity index (χ1) is 9.61. The Labute approximate surface area is 133 Å². The van der Waals surface area contributed by atoms with Crippen LogP contribution in [0.3, 0.4) is 0 Å². The minimum absolute atomic E-state index is 0.132. The predicted octanol–water partition coefficient (Wildman–Crippen LogP) is 3.44. The summed E-state index contributed by atoms with van der Waals surface area (Å²) in [4.78, 5) is 13.0. The number of carbonyl (C=O) groups is 1. The van der Waals surface area contributed by atoms with Crippen LogP contribution in [0, 0.1) is 5.92 Å². The van der Waals surface area contributed by atoms with Crippen molar-refractivity contribution in [3.8, 4) is 0 Å². The van der Waals surface area contributed by atoms with Crippen LogP contribution < -0.4 is 10.6 Å². The first-order valence-electron chi connectivity index (χ1n) is 6.63. The molecule has 1 atom stereocenters. The second-order valence-electron chi connectivity index (χ2n) is 4.87. The van der Waals surface area contributed by atoms with Crippen LogP contribution >= 0.6 is 35.0 Å². The van der Waals surface area contributed by atoms with Gasteiger partial charge in [0.25, 0.3) is 5.91 Å². The largest absolute Gasteiger partial charge is 0.352 e. The van der Waals surface area contributed by atoms with Gasteiger partial charge in [-0.15, -0.1) is 11.8 Å². The number of thioether (sulfide) groups is 1. The second-order valence-corrected chi connectivity index (χ2v) is 6.53. The summed E-state index contributed by atoms with van der Waals surface area (Å²) in [5.74, 6) is 0.533. The van der Waals surface area contributed by atoms with Gasteiger partial charge < -0.3 is 10.6 Å². The minimum atomic E-state index is -0.132. The van der Waals surface area contributed by atoms with Crippen LogP contribution in [0.4, 0.5) is 0 Å². The Morgan fingerprint density at radius 1 is 1.45 bits per heavy atom. The van der Waals surface area contributed by atoms with Gasteiger partial charge in [0.05, 0.1) is 15.6 Å². The fourth-order valence-electron chi connectivity index (χ4n) is 2.31. The molecule has 1 aromatic carbocycles. The van der Waals surface area contributed by atoms with Gasteiger partial charge in [-0.3, -0.25) is 4.79 Å².